The summed E-state index contributed by atoms with van der Waals surface area (Å²) in [6.45, 7) is 4.36. The fraction of sp³-hybridized carbons (Fsp3) is 0.308. The fourth-order valence-corrected chi connectivity index (χ4v) is 4.58. The van der Waals surface area contributed by atoms with Crippen LogP contribution < -0.4 is 14.2 Å². The van der Waals surface area contributed by atoms with Gasteiger partial charge in [-0.05, 0) is 60.4 Å². The normalized spacial score (nSPS) is 15.9. The summed E-state index contributed by atoms with van der Waals surface area (Å²) in [5.41, 5.74) is 4.84. The molecule has 3 aromatic carbocycles. The topological polar surface area (TPSA) is 30.9 Å². The van der Waals surface area contributed by atoms with Gasteiger partial charge in [0.25, 0.3) is 0 Å². The second-order valence-electron chi connectivity index (χ2n) is 7.62. The van der Waals surface area contributed by atoms with Crippen molar-refractivity contribution in [2.24, 2.45) is 0 Å². The average molecular weight is 438 g/mol. The maximum Gasteiger partial charge on any atom is 0.161 e. The van der Waals surface area contributed by atoms with Crippen molar-refractivity contribution in [2.75, 3.05) is 27.4 Å². The van der Waals surface area contributed by atoms with Crippen LogP contribution in [-0.2, 0) is 13.0 Å². The van der Waals surface area contributed by atoms with Crippen LogP contribution >= 0.6 is 11.6 Å². The van der Waals surface area contributed by atoms with Crippen molar-refractivity contribution in [3.05, 3.63) is 87.9 Å². The van der Waals surface area contributed by atoms with E-state index in [0.29, 0.717) is 6.61 Å². The predicted molar refractivity (Wildman–Crippen MR) is 125 cm³/mol. The van der Waals surface area contributed by atoms with Crippen LogP contribution in [0.15, 0.2) is 60.7 Å². The van der Waals surface area contributed by atoms with Crippen LogP contribution in [0.1, 0.15) is 35.2 Å². The lowest BCUT2D eigenvalue weighted by atomic mass is 9.87. The Bertz CT molecular complexity index is 1050. The van der Waals surface area contributed by atoms with Gasteiger partial charge in [-0.3, -0.25) is 4.90 Å². The molecule has 0 saturated carbocycles. The summed E-state index contributed by atoms with van der Waals surface area (Å²) in [5.74, 6) is 2.44. The van der Waals surface area contributed by atoms with Crippen LogP contribution in [0.2, 0.25) is 5.02 Å². The number of methoxy groups -OCH3 is 2. The second kappa shape index (κ2) is 9.63. The summed E-state index contributed by atoms with van der Waals surface area (Å²) in [7, 11) is 3.36. The first-order valence-electron chi connectivity index (χ1n) is 10.6. The lowest BCUT2D eigenvalue weighted by Gasteiger charge is -2.38. The minimum atomic E-state index is 0.0527. The third-order valence-electron chi connectivity index (χ3n) is 5.78. The first-order chi connectivity index (χ1) is 15.1. The zero-order valence-corrected chi connectivity index (χ0v) is 19.0. The maximum atomic E-state index is 6.39. The van der Waals surface area contributed by atoms with E-state index >= 15 is 0 Å². The molecule has 3 aromatic rings. The van der Waals surface area contributed by atoms with E-state index in [1.54, 1.807) is 14.2 Å². The molecule has 0 fully saturated rings. The van der Waals surface area contributed by atoms with Crippen molar-refractivity contribution in [3.8, 4) is 17.2 Å². The third kappa shape index (κ3) is 4.51. The Balaban J connectivity index is 1.79. The van der Waals surface area contributed by atoms with Crippen LogP contribution in [0.3, 0.4) is 0 Å². The molecule has 4 nitrogen and oxygen atoms in total. The summed E-state index contributed by atoms with van der Waals surface area (Å²) < 4.78 is 17.1. The van der Waals surface area contributed by atoms with Crippen molar-refractivity contribution in [2.45, 2.75) is 25.9 Å². The predicted octanol–water partition coefficient (Wildman–Crippen LogP) is 5.90. The van der Waals surface area contributed by atoms with Crippen LogP contribution in [0.5, 0.6) is 17.2 Å². The highest BCUT2D eigenvalue weighted by Gasteiger charge is 2.31. The van der Waals surface area contributed by atoms with Gasteiger partial charge in [0.2, 0.25) is 0 Å². The first-order valence-corrected chi connectivity index (χ1v) is 11.0. The Kier molecular flexibility index (Phi) is 6.69. The minimum Gasteiger partial charge on any atom is -0.494 e. The molecule has 0 amide bonds. The van der Waals surface area contributed by atoms with Crippen molar-refractivity contribution in [1.29, 1.82) is 0 Å². The lowest BCUT2D eigenvalue weighted by Crippen LogP contribution is -2.36. The molecule has 0 saturated heterocycles. The number of fused-ring (bicyclic) bond motifs is 1. The molecule has 1 unspecified atom stereocenters. The lowest BCUT2D eigenvalue weighted by molar-refractivity contribution is 0.200. The Morgan fingerprint density at radius 2 is 1.71 bits per heavy atom. The molecule has 1 atom stereocenters. The molecule has 0 aliphatic carbocycles. The molecule has 162 valence electrons. The van der Waals surface area contributed by atoms with Crippen LogP contribution in [0.4, 0.5) is 0 Å². The van der Waals surface area contributed by atoms with E-state index in [4.69, 9.17) is 25.8 Å². The van der Waals surface area contributed by atoms with Gasteiger partial charge in [0, 0.05) is 23.7 Å². The fourth-order valence-electron chi connectivity index (χ4n) is 4.38. The molecule has 31 heavy (non-hydrogen) atoms. The zero-order chi connectivity index (χ0) is 21.8. The highest BCUT2D eigenvalue weighted by molar-refractivity contribution is 6.30. The van der Waals surface area contributed by atoms with Gasteiger partial charge >= 0.3 is 0 Å². The molecule has 0 aromatic heterocycles. The van der Waals surface area contributed by atoms with Crippen LogP contribution in [0.25, 0.3) is 0 Å². The van der Waals surface area contributed by atoms with Gasteiger partial charge in [-0.25, -0.2) is 0 Å². The Morgan fingerprint density at radius 1 is 0.935 bits per heavy atom. The number of nitrogens with zero attached hydrogens (tertiary/aromatic N) is 1. The van der Waals surface area contributed by atoms with Gasteiger partial charge in [0.15, 0.2) is 11.5 Å². The number of para-hydroxylation sites is 1. The van der Waals surface area contributed by atoms with Gasteiger partial charge in [-0.2, -0.15) is 0 Å². The van der Waals surface area contributed by atoms with Crippen molar-refractivity contribution in [3.63, 3.8) is 0 Å². The summed E-state index contributed by atoms with van der Waals surface area (Å²) in [4.78, 5) is 2.48. The Hall–Kier alpha value is -2.69. The van der Waals surface area contributed by atoms with Crippen molar-refractivity contribution in [1.82, 2.24) is 4.90 Å². The minimum absolute atomic E-state index is 0.0527. The molecule has 5 heteroatoms. The molecule has 0 radical (unpaired) electrons. The van der Waals surface area contributed by atoms with Crippen molar-refractivity contribution < 1.29 is 14.2 Å². The average Bonchev–Trinajstić information content (AvgIpc) is 2.79. The van der Waals surface area contributed by atoms with E-state index < -0.39 is 0 Å². The first kappa shape index (κ1) is 21.5. The van der Waals surface area contributed by atoms with E-state index in [1.807, 2.05) is 31.2 Å². The van der Waals surface area contributed by atoms with Gasteiger partial charge in [0.1, 0.15) is 5.75 Å². The van der Waals surface area contributed by atoms with E-state index in [1.165, 1.54) is 16.7 Å². The van der Waals surface area contributed by atoms with Crippen molar-refractivity contribution >= 4 is 11.6 Å². The molecule has 0 bridgehead atoms. The number of rotatable bonds is 7. The summed E-state index contributed by atoms with van der Waals surface area (Å²) in [6.07, 6.45) is 0.934. The zero-order valence-electron chi connectivity index (χ0n) is 18.2. The molecular formula is C26H28ClNO3. The Labute approximate surface area is 189 Å². The maximum absolute atomic E-state index is 6.39. The van der Waals surface area contributed by atoms with Gasteiger partial charge in [-0.1, -0.05) is 41.9 Å². The van der Waals surface area contributed by atoms with Gasteiger partial charge in [0.05, 0.1) is 26.9 Å². The number of ether oxygens (including phenoxy) is 3. The number of benzene rings is 3. The van der Waals surface area contributed by atoms with E-state index in [0.717, 1.165) is 47.3 Å². The van der Waals surface area contributed by atoms with E-state index in [-0.39, 0.29) is 6.04 Å². The van der Waals surface area contributed by atoms with Gasteiger partial charge < -0.3 is 14.2 Å². The largest absolute Gasteiger partial charge is 0.494 e. The molecule has 0 spiro atoms. The monoisotopic (exact) mass is 437 g/mol. The highest BCUT2D eigenvalue weighted by atomic mass is 35.5. The second-order valence-corrected chi connectivity index (χ2v) is 8.06. The molecule has 1 heterocycles. The molecule has 0 N–H and O–H groups in total. The summed E-state index contributed by atoms with van der Waals surface area (Å²) in [6, 6.07) is 20.7. The quantitative estimate of drug-likeness (QED) is 0.460. The van der Waals surface area contributed by atoms with Crippen LogP contribution in [0, 0.1) is 0 Å². The number of halogens is 1. The van der Waals surface area contributed by atoms with Crippen LogP contribution in [-0.4, -0.2) is 32.3 Å². The standard InChI is InChI=1S/C26H28ClNO3/c1-4-31-23-11-6-5-8-20(23)17-28-13-12-18-15-24(29-2)25(30-3)16-22(18)26(28)19-9-7-10-21(27)14-19/h5-11,14-16,26H,4,12-13,17H2,1-3H3. The number of hydrogen-bond donors (Lipinski definition) is 0. The Morgan fingerprint density at radius 3 is 2.45 bits per heavy atom. The van der Waals surface area contributed by atoms with E-state index in [9.17, 15) is 0 Å². The highest BCUT2D eigenvalue weighted by Crippen LogP contribution is 2.42. The summed E-state index contributed by atoms with van der Waals surface area (Å²) >= 11 is 6.39. The molecule has 1 aliphatic rings. The van der Waals surface area contributed by atoms with Gasteiger partial charge in [-0.15, -0.1) is 0 Å². The molecule has 4 rings (SSSR count). The SMILES string of the molecule is CCOc1ccccc1CN1CCc2cc(OC)c(OC)cc2C1c1cccc(Cl)c1. The smallest absolute Gasteiger partial charge is 0.161 e. The molecular weight excluding hydrogens is 410 g/mol. The molecule has 1 aliphatic heterocycles. The summed E-state index contributed by atoms with van der Waals surface area (Å²) in [5, 5.41) is 0.736. The number of hydrogen-bond acceptors (Lipinski definition) is 4. The third-order valence-corrected chi connectivity index (χ3v) is 6.02. The van der Waals surface area contributed by atoms with E-state index in [2.05, 4.69) is 41.3 Å².